The van der Waals surface area contributed by atoms with Gasteiger partial charge in [-0.2, -0.15) is 0 Å². The number of carbonyl (C=O) groups is 1. The quantitative estimate of drug-likeness (QED) is 0.241. The number of benzene rings is 1. The van der Waals surface area contributed by atoms with Crippen LogP contribution in [0.3, 0.4) is 0 Å². The fraction of sp³-hybridized carbons (Fsp3) is 0.273. The Labute approximate surface area is 183 Å². The molecule has 0 heterocycles. The van der Waals surface area contributed by atoms with Crippen molar-refractivity contribution in [3.63, 3.8) is 0 Å². The van der Waals surface area contributed by atoms with Crippen LogP contribution >= 0.6 is 23.2 Å². The lowest BCUT2D eigenvalue weighted by atomic mass is 9.91. The van der Waals surface area contributed by atoms with Crippen molar-refractivity contribution in [2.24, 2.45) is 0 Å². The van der Waals surface area contributed by atoms with Crippen LogP contribution in [0.4, 0.5) is 0 Å². The summed E-state index contributed by atoms with van der Waals surface area (Å²) in [5.41, 5.74) is 3.49. The van der Waals surface area contributed by atoms with Crippen LogP contribution in [0.5, 0.6) is 0 Å². The molecule has 0 bridgehead atoms. The third kappa shape index (κ3) is 6.80. The number of hydrogen-bond acceptors (Lipinski definition) is 5. The van der Waals surface area contributed by atoms with Gasteiger partial charge in [-0.3, -0.25) is 4.79 Å². The van der Waals surface area contributed by atoms with Crippen LogP contribution in [-0.2, 0) is 4.79 Å². The van der Waals surface area contributed by atoms with Crippen molar-refractivity contribution in [1.82, 2.24) is 15.1 Å². The third-order valence-electron chi connectivity index (χ3n) is 4.32. The second kappa shape index (κ2) is 11.5. The monoisotopic (exact) mass is 434 g/mol. The first-order valence-electron chi connectivity index (χ1n) is 8.95. The topological polar surface area (TPSA) is 59.4 Å². The molecule has 1 aromatic carbocycles. The summed E-state index contributed by atoms with van der Waals surface area (Å²) >= 11 is 12.1. The van der Waals surface area contributed by atoms with Crippen LogP contribution in [0.1, 0.15) is 18.5 Å². The summed E-state index contributed by atoms with van der Waals surface area (Å²) in [4.78, 5) is 15.0. The summed E-state index contributed by atoms with van der Waals surface area (Å²) in [6, 6.07) is 7.10. The highest BCUT2D eigenvalue weighted by Crippen LogP contribution is 2.34. The number of rotatable bonds is 10. The minimum atomic E-state index is -0.358. The van der Waals surface area contributed by atoms with Crippen LogP contribution in [0.25, 0.3) is 0 Å². The summed E-state index contributed by atoms with van der Waals surface area (Å²) in [5.74, 6) is 0. The Kier molecular flexibility index (Phi) is 9.72. The van der Waals surface area contributed by atoms with Gasteiger partial charge in [0, 0.05) is 50.7 Å². The van der Waals surface area contributed by atoms with E-state index in [2.05, 4.69) is 11.9 Å². The maximum atomic E-state index is 11.1. The lowest BCUT2D eigenvalue weighted by Gasteiger charge is -2.34. The molecule has 0 aliphatic carbocycles. The second-order valence-electron chi connectivity index (χ2n) is 6.64. The normalized spacial score (nSPS) is 13.9. The molecule has 156 valence electrons. The Bertz CT molecular complexity index is 839. The molecule has 0 aliphatic rings. The Morgan fingerprint density at radius 1 is 1.24 bits per heavy atom. The molecular weight excluding hydrogens is 407 g/mol. The minimum Gasteiger partial charge on any atom is -0.391 e. The van der Waals surface area contributed by atoms with Crippen LogP contribution in [-0.4, -0.2) is 50.0 Å². The SMILES string of the molecule is C=CC(=N)/C(=C(/C)NC)C(c1ccc(Cl)cc1)N(C)C(/C=C(/Cl)C=O)=C/N(C)C. The molecule has 0 aromatic heterocycles. The van der Waals surface area contributed by atoms with Crippen molar-refractivity contribution in [2.45, 2.75) is 13.0 Å². The van der Waals surface area contributed by atoms with E-state index < -0.39 is 0 Å². The number of likely N-dealkylation sites (N-methyl/N-ethyl adjacent to an activating group) is 1. The van der Waals surface area contributed by atoms with Gasteiger partial charge in [-0.25, -0.2) is 0 Å². The summed E-state index contributed by atoms with van der Waals surface area (Å²) in [6.45, 7) is 5.68. The average Bonchev–Trinajstić information content (AvgIpc) is 2.70. The highest BCUT2D eigenvalue weighted by atomic mass is 35.5. The van der Waals surface area contributed by atoms with Gasteiger partial charge in [-0.15, -0.1) is 0 Å². The number of hydrogen-bond donors (Lipinski definition) is 2. The molecule has 2 N–H and O–H groups in total. The number of carbonyl (C=O) groups excluding carboxylic acids is 1. The first-order chi connectivity index (χ1) is 13.7. The van der Waals surface area contributed by atoms with Crippen LogP contribution in [0.15, 0.2) is 71.2 Å². The van der Waals surface area contributed by atoms with E-state index in [9.17, 15) is 4.79 Å². The molecule has 5 nitrogen and oxygen atoms in total. The van der Waals surface area contributed by atoms with Crippen molar-refractivity contribution in [1.29, 1.82) is 5.41 Å². The van der Waals surface area contributed by atoms with E-state index in [4.69, 9.17) is 28.6 Å². The van der Waals surface area contributed by atoms with E-state index >= 15 is 0 Å². The average molecular weight is 435 g/mol. The Balaban J connectivity index is 3.77. The van der Waals surface area contributed by atoms with Gasteiger partial charge in [0.25, 0.3) is 0 Å². The molecule has 0 fully saturated rings. The van der Waals surface area contributed by atoms with Crippen molar-refractivity contribution in [3.8, 4) is 0 Å². The predicted octanol–water partition coefficient (Wildman–Crippen LogP) is 4.74. The van der Waals surface area contributed by atoms with Gasteiger partial charge in [0.2, 0.25) is 0 Å². The van der Waals surface area contributed by atoms with Crippen LogP contribution in [0.2, 0.25) is 5.02 Å². The van der Waals surface area contributed by atoms with E-state index in [-0.39, 0.29) is 11.1 Å². The zero-order chi connectivity index (χ0) is 22.1. The molecule has 0 amide bonds. The van der Waals surface area contributed by atoms with Gasteiger partial charge in [-0.05, 0) is 36.8 Å². The molecule has 29 heavy (non-hydrogen) atoms. The fourth-order valence-corrected chi connectivity index (χ4v) is 3.08. The minimum absolute atomic E-state index is 0.0782. The first kappa shape index (κ1) is 24.5. The van der Waals surface area contributed by atoms with Crippen molar-refractivity contribution >= 4 is 35.2 Å². The van der Waals surface area contributed by atoms with Crippen molar-refractivity contribution in [3.05, 3.63) is 81.8 Å². The van der Waals surface area contributed by atoms with Gasteiger partial charge in [0.05, 0.1) is 22.5 Å². The molecule has 1 unspecified atom stereocenters. The van der Waals surface area contributed by atoms with E-state index in [1.807, 2.05) is 75.4 Å². The van der Waals surface area contributed by atoms with Gasteiger partial charge >= 0.3 is 0 Å². The molecule has 1 rings (SSSR count). The van der Waals surface area contributed by atoms with Gasteiger partial charge < -0.3 is 20.5 Å². The van der Waals surface area contributed by atoms with Gasteiger partial charge in [-0.1, -0.05) is 41.9 Å². The lowest BCUT2D eigenvalue weighted by Crippen LogP contribution is -2.30. The number of allylic oxidation sites excluding steroid dienone is 4. The number of halogens is 2. The molecule has 0 aliphatic heterocycles. The van der Waals surface area contributed by atoms with Crippen LogP contribution in [0, 0.1) is 5.41 Å². The van der Waals surface area contributed by atoms with E-state index in [0.717, 1.165) is 16.8 Å². The smallest absolute Gasteiger partial charge is 0.161 e. The summed E-state index contributed by atoms with van der Waals surface area (Å²) in [7, 11) is 7.47. The Morgan fingerprint density at radius 2 is 1.83 bits per heavy atom. The van der Waals surface area contributed by atoms with E-state index in [1.165, 1.54) is 6.08 Å². The standard InChI is InChI=1S/C22H28Cl2N4O/c1-7-20(25)21(15(2)26-3)22(16-8-10-17(23)11-9-16)28(6)19(13-27(4)5)12-18(24)14-29/h7-14,22,25-26H,1H2,2-6H3/b18-12+,19-13+,21-15+,25-20?. The molecule has 7 heteroatoms. The van der Waals surface area contributed by atoms with Crippen LogP contribution < -0.4 is 5.32 Å². The summed E-state index contributed by atoms with van der Waals surface area (Å²) in [5, 5.41) is 12.3. The maximum absolute atomic E-state index is 11.1. The lowest BCUT2D eigenvalue weighted by molar-refractivity contribution is -0.104. The Hall–Kier alpha value is -2.50. The molecule has 1 aromatic rings. The van der Waals surface area contributed by atoms with Gasteiger partial charge in [0.1, 0.15) is 0 Å². The third-order valence-corrected chi connectivity index (χ3v) is 4.77. The zero-order valence-corrected chi connectivity index (χ0v) is 19.0. The van der Waals surface area contributed by atoms with Gasteiger partial charge in [0.15, 0.2) is 6.29 Å². The van der Waals surface area contributed by atoms with E-state index in [1.54, 1.807) is 6.08 Å². The fourth-order valence-electron chi connectivity index (χ4n) is 2.85. The summed E-state index contributed by atoms with van der Waals surface area (Å²) in [6.07, 6.45) is 5.56. The molecule has 1 atom stereocenters. The molecule has 0 saturated heterocycles. The molecule has 0 spiro atoms. The number of nitrogens with one attached hydrogen (secondary N) is 2. The van der Waals surface area contributed by atoms with E-state index in [0.29, 0.717) is 22.7 Å². The summed E-state index contributed by atoms with van der Waals surface area (Å²) < 4.78 is 0. The highest BCUT2D eigenvalue weighted by molar-refractivity contribution is 6.38. The highest BCUT2D eigenvalue weighted by Gasteiger charge is 2.27. The zero-order valence-electron chi connectivity index (χ0n) is 17.5. The molecule has 0 radical (unpaired) electrons. The van der Waals surface area contributed by atoms with Crippen molar-refractivity contribution in [2.75, 3.05) is 28.2 Å². The maximum Gasteiger partial charge on any atom is 0.161 e. The second-order valence-corrected chi connectivity index (χ2v) is 7.51. The molecule has 0 saturated carbocycles. The number of aldehydes is 1. The first-order valence-corrected chi connectivity index (χ1v) is 9.70. The predicted molar refractivity (Wildman–Crippen MR) is 123 cm³/mol. The largest absolute Gasteiger partial charge is 0.391 e. The number of nitrogens with zero attached hydrogens (tertiary/aromatic N) is 2. The Morgan fingerprint density at radius 3 is 2.28 bits per heavy atom. The van der Waals surface area contributed by atoms with Crippen molar-refractivity contribution < 1.29 is 4.79 Å². The molecular formula is C22H28Cl2N4O.